The van der Waals surface area contributed by atoms with Crippen molar-refractivity contribution in [2.24, 2.45) is 29.6 Å². The second-order valence-corrected chi connectivity index (χ2v) is 6.30. The molecule has 2 N–H and O–H groups in total. The van der Waals surface area contributed by atoms with E-state index in [0.29, 0.717) is 11.8 Å². The summed E-state index contributed by atoms with van der Waals surface area (Å²) in [6.45, 7) is 2.53. The molecule has 0 radical (unpaired) electrons. The third kappa shape index (κ3) is 1.99. The fourth-order valence-corrected chi connectivity index (χ4v) is 4.40. The van der Waals surface area contributed by atoms with Gasteiger partial charge in [0.05, 0.1) is 6.10 Å². The van der Waals surface area contributed by atoms with Crippen LogP contribution >= 0.6 is 0 Å². The van der Waals surface area contributed by atoms with Crippen LogP contribution in [-0.2, 0) is 4.79 Å². The number of aliphatic hydroxyl groups is 1. The molecule has 0 aliphatic heterocycles. The van der Waals surface area contributed by atoms with Crippen molar-refractivity contribution in [3.63, 3.8) is 0 Å². The molecule has 2 bridgehead atoms. The molecule has 5 unspecified atom stereocenters. The van der Waals surface area contributed by atoms with Crippen LogP contribution in [0.25, 0.3) is 0 Å². The largest absolute Gasteiger partial charge is 0.393 e. The summed E-state index contributed by atoms with van der Waals surface area (Å²) in [6.07, 6.45) is 5.57. The number of carbonyl (C=O) groups excluding carboxylic acids is 1. The van der Waals surface area contributed by atoms with Crippen LogP contribution in [0.1, 0.15) is 39.0 Å². The lowest BCUT2D eigenvalue weighted by Gasteiger charge is -2.10. The predicted molar refractivity (Wildman–Crippen MR) is 65.2 cm³/mol. The summed E-state index contributed by atoms with van der Waals surface area (Å²) in [4.78, 5) is 12.0. The molecule has 0 spiro atoms. The van der Waals surface area contributed by atoms with Crippen LogP contribution in [-0.4, -0.2) is 23.7 Å². The molecule has 5 atom stereocenters. The summed E-state index contributed by atoms with van der Waals surface area (Å²) in [6, 6.07) is 0. The molecule has 0 aromatic heterocycles. The van der Waals surface area contributed by atoms with Crippen molar-refractivity contribution in [1.29, 1.82) is 0 Å². The standard InChI is InChI=1S/C14H23NO2/c1-8(16)3-2-6-15-14(17)13-11-9-4-5-10(7-9)12(11)13/h8-13,16H,2-7H2,1H3,(H,15,17). The number of rotatable bonds is 5. The first-order valence-corrected chi connectivity index (χ1v) is 7.14. The van der Waals surface area contributed by atoms with E-state index in [9.17, 15) is 4.79 Å². The Hall–Kier alpha value is -0.570. The van der Waals surface area contributed by atoms with Gasteiger partial charge in [0.15, 0.2) is 0 Å². The van der Waals surface area contributed by atoms with Crippen LogP contribution in [0.5, 0.6) is 0 Å². The summed E-state index contributed by atoms with van der Waals surface area (Å²) >= 11 is 0. The second-order valence-electron chi connectivity index (χ2n) is 6.30. The van der Waals surface area contributed by atoms with E-state index in [-0.39, 0.29) is 6.10 Å². The van der Waals surface area contributed by atoms with Crippen LogP contribution in [0.3, 0.4) is 0 Å². The van der Waals surface area contributed by atoms with Crippen LogP contribution in [0, 0.1) is 29.6 Å². The van der Waals surface area contributed by atoms with Gasteiger partial charge in [-0.1, -0.05) is 0 Å². The Morgan fingerprint density at radius 2 is 2.00 bits per heavy atom. The second kappa shape index (κ2) is 4.27. The highest BCUT2D eigenvalue weighted by Crippen LogP contribution is 2.69. The fraction of sp³-hybridized carbons (Fsp3) is 0.929. The van der Waals surface area contributed by atoms with Gasteiger partial charge in [0, 0.05) is 12.5 Å². The number of fused-ring (bicyclic) bond motifs is 5. The van der Waals surface area contributed by atoms with E-state index in [1.54, 1.807) is 6.92 Å². The molecule has 3 heteroatoms. The Balaban J connectivity index is 1.40. The van der Waals surface area contributed by atoms with Gasteiger partial charge in [-0.15, -0.1) is 0 Å². The van der Waals surface area contributed by atoms with Gasteiger partial charge in [-0.05, 0) is 62.7 Å². The van der Waals surface area contributed by atoms with E-state index >= 15 is 0 Å². The molecule has 3 fully saturated rings. The normalized spacial score (nSPS) is 43.3. The quantitative estimate of drug-likeness (QED) is 0.713. The molecule has 1 amide bonds. The van der Waals surface area contributed by atoms with Crippen LogP contribution in [0.15, 0.2) is 0 Å². The Labute approximate surface area is 103 Å². The summed E-state index contributed by atoms with van der Waals surface area (Å²) in [5.41, 5.74) is 0. The van der Waals surface area contributed by atoms with E-state index in [1.807, 2.05) is 0 Å². The first-order chi connectivity index (χ1) is 8.18. The molecule has 17 heavy (non-hydrogen) atoms. The maximum Gasteiger partial charge on any atom is 0.223 e. The molecule has 3 nitrogen and oxygen atoms in total. The molecule has 0 aromatic carbocycles. The van der Waals surface area contributed by atoms with E-state index in [2.05, 4.69) is 5.32 Å². The molecule has 96 valence electrons. The molecular weight excluding hydrogens is 214 g/mol. The van der Waals surface area contributed by atoms with Gasteiger partial charge in [-0.25, -0.2) is 0 Å². The minimum Gasteiger partial charge on any atom is -0.393 e. The minimum absolute atomic E-state index is 0.247. The zero-order valence-electron chi connectivity index (χ0n) is 10.6. The SMILES string of the molecule is CC(O)CCCNC(=O)C1C2C3CCC(C3)C12. The zero-order valence-corrected chi connectivity index (χ0v) is 10.6. The number of hydrogen-bond donors (Lipinski definition) is 2. The van der Waals surface area contributed by atoms with Crippen LogP contribution < -0.4 is 5.32 Å². The van der Waals surface area contributed by atoms with Gasteiger partial charge in [-0.2, -0.15) is 0 Å². The summed E-state index contributed by atoms with van der Waals surface area (Å²) < 4.78 is 0. The average molecular weight is 237 g/mol. The highest BCUT2D eigenvalue weighted by atomic mass is 16.3. The third-order valence-corrected chi connectivity index (χ3v) is 5.14. The number of amides is 1. The van der Waals surface area contributed by atoms with E-state index in [0.717, 1.165) is 43.1 Å². The monoisotopic (exact) mass is 237 g/mol. The van der Waals surface area contributed by atoms with Crippen LogP contribution in [0.2, 0.25) is 0 Å². The molecule has 3 saturated carbocycles. The Kier molecular flexibility index (Phi) is 2.89. The molecule has 0 heterocycles. The van der Waals surface area contributed by atoms with Crippen molar-refractivity contribution < 1.29 is 9.90 Å². The smallest absolute Gasteiger partial charge is 0.223 e. The number of carbonyl (C=O) groups is 1. The fourth-order valence-electron chi connectivity index (χ4n) is 4.40. The van der Waals surface area contributed by atoms with Crippen LogP contribution in [0.4, 0.5) is 0 Å². The maximum absolute atomic E-state index is 12.0. The zero-order chi connectivity index (χ0) is 12.0. The first kappa shape index (κ1) is 11.5. The van der Waals surface area contributed by atoms with Crippen molar-refractivity contribution in [3.05, 3.63) is 0 Å². The number of aliphatic hydroxyl groups excluding tert-OH is 1. The summed E-state index contributed by atoms with van der Waals surface area (Å²) in [5, 5.41) is 12.2. The number of hydrogen-bond acceptors (Lipinski definition) is 2. The molecular formula is C14H23NO2. The van der Waals surface area contributed by atoms with Crippen molar-refractivity contribution in [2.75, 3.05) is 6.54 Å². The van der Waals surface area contributed by atoms with Crippen molar-refractivity contribution in [2.45, 2.75) is 45.1 Å². The Bertz CT molecular complexity index is 299. The van der Waals surface area contributed by atoms with Gasteiger partial charge >= 0.3 is 0 Å². The van der Waals surface area contributed by atoms with Gasteiger partial charge in [0.25, 0.3) is 0 Å². The van der Waals surface area contributed by atoms with E-state index in [1.165, 1.54) is 19.3 Å². The maximum atomic E-state index is 12.0. The minimum atomic E-state index is -0.247. The summed E-state index contributed by atoms with van der Waals surface area (Å²) in [7, 11) is 0. The lowest BCUT2D eigenvalue weighted by molar-refractivity contribution is -0.123. The van der Waals surface area contributed by atoms with Crippen molar-refractivity contribution in [3.8, 4) is 0 Å². The molecule has 3 rings (SSSR count). The Morgan fingerprint density at radius 3 is 2.59 bits per heavy atom. The predicted octanol–water partition coefficient (Wildman–Crippen LogP) is 1.56. The van der Waals surface area contributed by atoms with E-state index in [4.69, 9.17) is 5.11 Å². The van der Waals surface area contributed by atoms with Gasteiger partial charge < -0.3 is 10.4 Å². The van der Waals surface area contributed by atoms with Crippen molar-refractivity contribution >= 4 is 5.91 Å². The molecule has 0 aromatic rings. The van der Waals surface area contributed by atoms with Gasteiger partial charge in [0.2, 0.25) is 5.91 Å². The van der Waals surface area contributed by atoms with E-state index < -0.39 is 0 Å². The molecule has 3 aliphatic carbocycles. The summed E-state index contributed by atoms with van der Waals surface area (Å²) in [5.74, 6) is 3.88. The lowest BCUT2D eigenvalue weighted by Crippen LogP contribution is -2.28. The highest BCUT2D eigenvalue weighted by Gasteiger charge is 2.67. The lowest BCUT2D eigenvalue weighted by atomic mass is 10.0. The average Bonchev–Trinajstić information content (AvgIpc) is 2.73. The highest BCUT2D eigenvalue weighted by molar-refractivity contribution is 5.82. The first-order valence-electron chi connectivity index (χ1n) is 7.14. The molecule has 3 aliphatic rings. The molecule has 0 saturated heterocycles. The third-order valence-electron chi connectivity index (χ3n) is 5.14. The topological polar surface area (TPSA) is 49.3 Å². The van der Waals surface area contributed by atoms with Gasteiger partial charge in [0.1, 0.15) is 0 Å². The number of nitrogens with one attached hydrogen (secondary N) is 1. The van der Waals surface area contributed by atoms with Gasteiger partial charge in [-0.3, -0.25) is 4.79 Å². The van der Waals surface area contributed by atoms with Crippen molar-refractivity contribution in [1.82, 2.24) is 5.32 Å². The Morgan fingerprint density at radius 1 is 1.35 bits per heavy atom.